The third kappa shape index (κ3) is 3.16. The molecule has 1 saturated heterocycles. The van der Waals surface area contributed by atoms with Gasteiger partial charge in [0.25, 0.3) is 0 Å². The van der Waals surface area contributed by atoms with Crippen LogP contribution in [0.3, 0.4) is 0 Å². The summed E-state index contributed by atoms with van der Waals surface area (Å²) in [5, 5.41) is 23.7. The van der Waals surface area contributed by atoms with Gasteiger partial charge < -0.3 is 9.67 Å². The zero-order valence-electron chi connectivity index (χ0n) is 12.9. The Morgan fingerprint density at radius 3 is 2.86 bits per heavy atom. The van der Waals surface area contributed by atoms with Crippen LogP contribution in [0, 0.1) is 0 Å². The van der Waals surface area contributed by atoms with Crippen molar-refractivity contribution in [2.24, 2.45) is 14.1 Å². The number of β-amino-alcohol motifs (C(OH)–C–C–N with tert-alkyl or cyclic N) is 1. The van der Waals surface area contributed by atoms with Gasteiger partial charge in [-0.3, -0.25) is 9.58 Å². The first-order valence-electron chi connectivity index (χ1n) is 7.41. The molecule has 1 atom stereocenters. The molecule has 7 nitrogen and oxygen atoms in total. The zero-order chi connectivity index (χ0) is 15.7. The van der Waals surface area contributed by atoms with Gasteiger partial charge in [-0.15, -0.1) is 10.2 Å². The summed E-state index contributed by atoms with van der Waals surface area (Å²) in [5.74, 6) is 0.808. The van der Waals surface area contributed by atoms with Gasteiger partial charge in [0.2, 0.25) is 0 Å². The van der Waals surface area contributed by atoms with Crippen LogP contribution in [0.25, 0.3) is 0 Å². The normalized spacial score (nSPS) is 23.1. The smallest absolute Gasteiger partial charge is 0.135 e. The van der Waals surface area contributed by atoms with Gasteiger partial charge >= 0.3 is 0 Å². The first-order chi connectivity index (χ1) is 10.5. The van der Waals surface area contributed by atoms with Gasteiger partial charge in [0.15, 0.2) is 0 Å². The average molecular weight is 325 g/mol. The van der Waals surface area contributed by atoms with E-state index in [0.29, 0.717) is 24.5 Å². The molecular weight excluding hydrogens is 304 g/mol. The van der Waals surface area contributed by atoms with Crippen molar-refractivity contribution in [3.63, 3.8) is 0 Å². The summed E-state index contributed by atoms with van der Waals surface area (Å²) in [6.45, 7) is 2.24. The summed E-state index contributed by atoms with van der Waals surface area (Å²) in [4.78, 5) is 2.22. The highest BCUT2D eigenvalue weighted by Gasteiger charge is 2.35. The summed E-state index contributed by atoms with van der Waals surface area (Å²) in [5.41, 5.74) is 0.203. The first kappa shape index (κ1) is 15.5. The second-order valence-electron chi connectivity index (χ2n) is 6.14. The van der Waals surface area contributed by atoms with Crippen LogP contribution >= 0.6 is 11.6 Å². The van der Waals surface area contributed by atoms with Crippen LogP contribution in [0.2, 0.25) is 5.02 Å². The summed E-state index contributed by atoms with van der Waals surface area (Å²) in [7, 11) is 3.78. The number of hydrogen-bond donors (Lipinski definition) is 1. The van der Waals surface area contributed by atoms with E-state index in [0.717, 1.165) is 30.9 Å². The van der Waals surface area contributed by atoms with Gasteiger partial charge in [-0.1, -0.05) is 11.6 Å². The molecule has 2 aromatic rings. The summed E-state index contributed by atoms with van der Waals surface area (Å²) in [6.07, 6.45) is 5.56. The molecule has 0 amide bonds. The maximum absolute atomic E-state index is 10.9. The molecule has 0 saturated carbocycles. The number of likely N-dealkylation sites (tertiary alicyclic amines) is 1. The summed E-state index contributed by atoms with van der Waals surface area (Å²) < 4.78 is 3.65. The van der Waals surface area contributed by atoms with E-state index in [9.17, 15) is 5.11 Å². The van der Waals surface area contributed by atoms with E-state index in [1.165, 1.54) is 0 Å². The van der Waals surface area contributed by atoms with E-state index in [4.69, 9.17) is 11.6 Å². The van der Waals surface area contributed by atoms with Crippen LogP contribution in [0.15, 0.2) is 12.5 Å². The molecule has 1 aliphatic rings. The molecule has 120 valence electrons. The van der Waals surface area contributed by atoms with Crippen LogP contribution in [0.1, 0.15) is 24.4 Å². The highest BCUT2D eigenvalue weighted by Crippen LogP contribution is 2.26. The Kier molecular flexibility index (Phi) is 4.20. The molecule has 0 bridgehead atoms. The molecule has 0 aliphatic carbocycles. The van der Waals surface area contributed by atoms with Crippen molar-refractivity contribution in [1.29, 1.82) is 0 Å². The van der Waals surface area contributed by atoms with E-state index in [-0.39, 0.29) is 0 Å². The van der Waals surface area contributed by atoms with Gasteiger partial charge in [-0.2, -0.15) is 5.10 Å². The highest BCUT2D eigenvalue weighted by molar-refractivity contribution is 6.31. The zero-order valence-corrected chi connectivity index (χ0v) is 13.7. The maximum Gasteiger partial charge on any atom is 0.135 e. The van der Waals surface area contributed by atoms with Gasteiger partial charge in [0, 0.05) is 33.6 Å². The second kappa shape index (κ2) is 5.98. The number of aryl methyl sites for hydroxylation is 2. The van der Waals surface area contributed by atoms with Crippen molar-refractivity contribution in [1.82, 2.24) is 29.4 Å². The van der Waals surface area contributed by atoms with Crippen LogP contribution in [0.4, 0.5) is 0 Å². The minimum atomic E-state index is -0.774. The first-order valence-corrected chi connectivity index (χ1v) is 7.79. The van der Waals surface area contributed by atoms with Crippen molar-refractivity contribution in [3.05, 3.63) is 29.1 Å². The van der Waals surface area contributed by atoms with Gasteiger partial charge in [0.05, 0.1) is 22.5 Å². The third-order valence-corrected chi connectivity index (χ3v) is 4.63. The average Bonchev–Trinajstić information content (AvgIpc) is 2.99. The van der Waals surface area contributed by atoms with Crippen LogP contribution < -0.4 is 0 Å². The van der Waals surface area contributed by atoms with E-state index in [1.807, 2.05) is 18.7 Å². The van der Waals surface area contributed by atoms with Crippen LogP contribution in [-0.2, 0) is 27.1 Å². The molecule has 1 fully saturated rings. The van der Waals surface area contributed by atoms with Gasteiger partial charge in [-0.05, 0) is 19.4 Å². The lowest BCUT2D eigenvalue weighted by Crippen LogP contribution is -2.49. The Balaban J connectivity index is 1.70. The number of halogens is 1. The molecule has 3 rings (SSSR count). The minimum Gasteiger partial charge on any atom is -0.388 e. The fraction of sp³-hybridized carbons (Fsp3) is 0.643. The van der Waals surface area contributed by atoms with Crippen molar-refractivity contribution in [3.8, 4) is 0 Å². The molecule has 22 heavy (non-hydrogen) atoms. The molecule has 8 heteroatoms. The number of piperidine rings is 1. The lowest BCUT2D eigenvalue weighted by atomic mass is 9.89. The minimum absolute atomic E-state index is 0.513. The van der Waals surface area contributed by atoms with E-state index in [2.05, 4.69) is 20.2 Å². The maximum atomic E-state index is 10.9. The lowest BCUT2D eigenvalue weighted by molar-refractivity contribution is -0.0350. The molecule has 1 aliphatic heterocycles. The molecule has 3 heterocycles. The Hall–Kier alpha value is -1.44. The number of hydrogen-bond acceptors (Lipinski definition) is 5. The topological polar surface area (TPSA) is 72.0 Å². The molecule has 1 unspecified atom stereocenters. The third-order valence-electron chi connectivity index (χ3n) is 4.31. The van der Waals surface area contributed by atoms with Gasteiger partial charge in [0.1, 0.15) is 12.2 Å². The molecule has 0 aromatic carbocycles. The standard InChI is InChI=1S/C14H21ClN6O/c1-19-10-16-18-13(19)6-14(22)4-3-5-21(9-14)8-12-11(15)7-17-20(12)2/h7,10,22H,3-6,8-9H2,1-2H3. The quantitative estimate of drug-likeness (QED) is 0.899. The fourth-order valence-electron chi connectivity index (χ4n) is 3.07. The van der Waals surface area contributed by atoms with Crippen LogP contribution in [-0.4, -0.2) is 53.2 Å². The lowest BCUT2D eigenvalue weighted by Gasteiger charge is -2.39. The van der Waals surface area contributed by atoms with E-state index in [1.54, 1.807) is 17.2 Å². The number of rotatable bonds is 4. The van der Waals surface area contributed by atoms with E-state index < -0.39 is 5.60 Å². The Bertz CT molecular complexity index is 634. The van der Waals surface area contributed by atoms with E-state index >= 15 is 0 Å². The monoisotopic (exact) mass is 324 g/mol. The second-order valence-corrected chi connectivity index (χ2v) is 6.54. The van der Waals surface area contributed by atoms with Crippen molar-refractivity contribution < 1.29 is 5.11 Å². The summed E-state index contributed by atoms with van der Waals surface area (Å²) >= 11 is 6.18. The largest absolute Gasteiger partial charge is 0.388 e. The van der Waals surface area contributed by atoms with Crippen molar-refractivity contribution >= 4 is 11.6 Å². The molecule has 1 N–H and O–H groups in total. The number of aromatic nitrogens is 5. The number of nitrogens with zero attached hydrogens (tertiary/aromatic N) is 6. The van der Waals surface area contributed by atoms with Crippen LogP contribution in [0.5, 0.6) is 0 Å². The Labute approximate surface area is 134 Å². The molecule has 0 radical (unpaired) electrons. The Morgan fingerprint density at radius 2 is 2.23 bits per heavy atom. The Morgan fingerprint density at radius 1 is 1.41 bits per heavy atom. The SMILES string of the molecule is Cn1cnnc1CC1(O)CCCN(Cc2c(Cl)cnn2C)C1. The molecule has 0 spiro atoms. The summed E-state index contributed by atoms with van der Waals surface area (Å²) in [6, 6.07) is 0. The van der Waals surface area contributed by atoms with Gasteiger partial charge in [-0.25, -0.2) is 0 Å². The van der Waals surface area contributed by atoms with Crippen molar-refractivity contribution in [2.75, 3.05) is 13.1 Å². The fourth-order valence-corrected chi connectivity index (χ4v) is 3.30. The number of aliphatic hydroxyl groups is 1. The highest BCUT2D eigenvalue weighted by atomic mass is 35.5. The predicted molar refractivity (Wildman–Crippen MR) is 82.4 cm³/mol. The van der Waals surface area contributed by atoms with Crippen molar-refractivity contribution in [2.45, 2.75) is 31.4 Å². The molecule has 2 aromatic heterocycles. The molecular formula is C14H21ClN6O. The predicted octanol–water partition coefficient (Wildman–Crippen LogP) is 0.772.